The predicted molar refractivity (Wildman–Crippen MR) is 122 cm³/mol. The molecule has 1 aliphatic heterocycles. The minimum Gasteiger partial charge on any atom is -0.489 e. The van der Waals surface area contributed by atoms with Crippen molar-refractivity contribution < 1.29 is 28.7 Å². The number of amides is 1. The number of hydrogen-bond acceptors (Lipinski definition) is 9. The van der Waals surface area contributed by atoms with Crippen LogP contribution in [0.4, 0.5) is 11.4 Å². The molecule has 1 N–H and O–H groups in total. The van der Waals surface area contributed by atoms with E-state index < -0.39 is 23.4 Å². The molecule has 4 rings (SSSR count). The summed E-state index contributed by atoms with van der Waals surface area (Å²) in [6.45, 7) is 0.101. The first kappa shape index (κ1) is 23.1. The number of esters is 1. The molecule has 0 fully saturated rings. The zero-order valence-electron chi connectivity index (χ0n) is 17.8. The van der Waals surface area contributed by atoms with Crippen LogP contribution in [0.2, 0.25) is 0 Å². The summed E-state index contributed by atoms with van der Waals surface area (Å²) in [5, 5.41) is 14.3. The third kappa shape index (κ3) is 5.62. The Bertz CT molecular complexity index is 1220. The molecule has 2 heterocycles. The van der Waals surface area contributed by atoms with Gasteiger partial charge in [-0.15, -0.1) is 0 Å². The third-order valence-electron chi connectivity index (χ3n) is 4.62. The van der Waals surface area contributed by atoms with Gasteiger partial charge in [0.1, 0.15) is 10.7 Å². The van der Waals surface area contributed by atoms with Gasteiger partial charge in [-0.25, -0.2) is 9.78 Å². The summed E-state index contributed by atoms with van der Waals surface area (Å²) in [5.41, 5.74) is -0.250. The van der Waals surface area contributed by atoms with Crippen LogP contribution in [-0.2, 0) is 9.53 Å². The van der Waals surface area contributed by atoms with Crippen LogP contribution in [0.15, 0.2) is 70.7 Å². The highest BCUT2D eigenvalue weighted by Gasteiger charge is 2.24. The quantitative estimate of drug-likeness (QED) is 0.301. The standard InChI is InChI=1S/C23H19N3O7S/c27-21(25-17-12-19-20(13-18(17)26(29)30)32-11-5-10-31-19)14-33-23(28)16-8-4-9-24-22(16)34-15-6-2-1-3-7-15/h1-4,6-9,12-13H,5,10-11,14H2,(H,25,27). The minimum atomic E-state index is -0.743. The minimum absolute atomic E-state index is 0.0861. The van der Waals surface area contributed by atoms with Gasteiger partial charge in [-0.1, -0.05) is 30.0 Å². The van der Waals surface area contributed by atoms with Crippen molar-refractivity contribution >= 4 is 35.0 Å². The summed E-state index contributed by atoms with van der Waals surface area (Å²) >= 11 is 1.29. The summed E-state index contributed by atoms with van der Waals surface area (Å²) in [5.74, 6) is -0.969. The van der Waals surface area contributed by atoms with E-state index in [1.807, 2.05) is 30.3 Å². The van der Waals surface area contributed by atoms with Gasteiger partial charge in [0.2, 0.25) is 0 Å². The van der Waals surface area contributed by atoms with Crippen LogP contribution < -0.4 is 14.8 Å². The van der Waals surface area contributed by atoms with Crippen molar-refractivity contribution in [3.05, 3.63) is 76.5 Å². The normalized spacial score (nSPS) is 12.4. The molecule has 1 aromatic heterocycles. The zero-order chi connectivity index (χ0) is 23.9. The number of carbonyl (C=O) groups excluding carboxylic acids is 2. The summed E-state index contributed by atoms with van der Waals surface area (Å²) < 4.78 is 16.1. The number of fused-ring (bicyclic) bond motifs is 1. The van der Waals surface area contributed by atoms with Crippen molar-refractivity contribution in [3.8, 4) is 11.5 Å². The van der Waals surface area contributed by atoms with E-state index in [1.54, 1.807) is 18.3 Å². The number of anilines is 1. The van der Waals surface area contributed by atoms with Crippen LogP contribution in [0.5, 0.6) is 11.5 Å². The molecule has 0 aliphatic carbocycles. The lowest BCUT2D eigenvalue weighted by atomic mass is 10.2. The lowest BCUT2D eigenvalue weighted by Crippen LogP contribution is -2.22. The zero-order valence-corrected chi connectivity index (χ0v) is 18.6. The average Bonchev–Trinajstić information content (AvgIpc) is 3.08. The molecule has 0 unspecified atom stereocenters. The molecule has 174 valence electrons. The molecule has 1 aliphatic rings. The first-order valence-electron chi connectivity index (χ1n) is 10.2. The third-order valence-corrected chi connectivity index (χ3v) is 5.65. The number of benzene rings is 2. The molecule has 34 heavy (non-hydrogen) atoms. The van der Waals surface area contributed by atoms with E-state index in [1.165, 1.54) is 23.9 Å². The number of carbonyl (C=O) groups is 2. The molecule has 11 heteroatoms. The molecule has 0 radical (unpaired) electrons. The first-order valence-corrected chi connectivity index (χ1v) is 11.1. The highest BCUT2D eigenvalue weighted by Crippen LogP contribution is 2.39. The Balaban J connectivity index is 1.43. The van der Waals surface area contributed by atoms with Gasteiger partial charge in [0, 0.05) is 23.6 Å². The number of nitro benzene ring substituents is 1. The molecule has 3 aromatic rings. The van der Waals surface area contributed by atoms with Crippen molar-refractivity contribution in [2.24, 2.45) is 0 Å². The van der Waals surface area contributed by atoms with E-state index >= 15 is 0 Å². The summed E-state index contributed by atoms with van der Waals surface area (Å²) in [4.78, 5) is 41.0. The number of pyridine rings is 1. The summed E-state index contributed by atoms with van der Waals surface area (Å²) in [6.07, 6.45) is 2.18. The topological polar surface area (TPSA) is 130 Å². The molecule has 0 saturated heterocycles. The molecule has 0 spiro atoms. The fourth-order valence-corrected chi connectivity index (χ4v) is 3.96. The van der Waals surface area contributed by atoms with Crippen molar-refractivity contribution in [2.45, 2.75) is 16.3 Å². The summed E-state index contributed by atoms with van der Waals surface area (Å²) in [6, 6.07) is 15.0. The van der Waals surface area contributed by atoms with E-state index in [9.17, 15) is 19.7 Å². The second-order valence-corrected chi connectivity index (χ2v) is 8.08. The van der Waals surface area contributed by atoms with E-state index in [4.69, 9.17) is 14.2 Å². The van der Waals surface area contributed by atoms with Gasteiger partial charge < -0.3 is 19.5 Å². The Kier molecular flexibility index (Phi) is 7.23. The molecule has 2 aromatic carbocycles. The van der Waals surface area contributed by atoms with Crippen LogP contribution >= 0.6 is 11.8 Å². The van der Waals surface area contributed by atoms with Gasteiger partial charge in [0.05, 0.1) is 29.8 Å². The molecular weight excluding hydrogens is 462 g/mol. The lowest BCUT2D eigenvalue weighted by Gasteiger charge is -2.12. The number of nitrogens with zero attached hydrogens (tertiary/aromatic N) is 2. The maximum Gasteiger partial charge on any atom is 0.341 e. The summed E-state index contributed by atoms with van der Waals surface area (Å²) in [7, 11) is 0. The highest BCUT2D eigenvalue weighted by molar-refractivity contribution is 7.99. The average molecular weight is 481 g/mol. The molecule has 10 nitrogen and oxygen atoms in total. The Morgan fingerprint density at radius 2 is 1.82 bits per heavy atom. The van der Waals surface area contributed by atoms with Crippen molar-refractivity contribution in [1.29, 1.82) is 0 Å². The Morgan fingerprint density at radius 3 is 2.56 bits per heavy atom. The van der Waals surface area contributed by atoms with Gasteiger partial charge in [-0.3, -0.25) is 14.9 Å². The molecule has 0 atom stereocenters. The highest BCUT2D eigenvalue weighted by atomic mass is 32.2. The van der Waals surface area contributed by atoms with Crippen molar-refractivity contribution in [3.63, 3.8) is 0 Å². The van der Waals surface area contributed by atoms with E-state index in [2.05, 4.69) is 10.3 Å². The first-order chi connectivity index (χ1) is 16.5. The SMILES string of the molecule is O=C(COC(=O)c1cccnc1Sc1ccccc1)Nc1cc2c(cc1[N+](=O)[O-])OCCCO2. The number of aromatic nitrogens is 1. The largest absolute Gasteiger partial charge is 0.489 e. The van der Waals surface area contributed by atoms with Crippen LogP contribution in [0.1, 0.15) is 16.8 Å². The van der Waals surface area contributed by atoms with Crippen LogP contribution in [0.3, 0.4) is 0 Å². The molecular formula is C23H19N3O7S. The van der Waals surface area contributed by atoms with E-state index in [0.29, 0.717) is 24.7 Å². The van der Waals surface area contributed by atoms with Crippen LogP contribution in [-0.4, -0.2) is 41.6 Å². The fourth-order valence-electron chi connectivity index (χ4n) is 3.07. The fraction of sp³-hybridized carbons (Fsp3) is 0.174. The number of nitro groups is 1. The number of nitrogens with one attached hydrogen (secondary N) is 1. The number of rotatable bonds is 7. The van der Waals surface area contributed by atoms with Gasteiger partial charge in [-0.2, -0.15) is 0 Å². The smallest absolute Gasteiger partial charge is 0.341 e. The molecule has 0 saturated carbocycles. The second kappa shape index (κ2) is 10.7. The van der Waals surface area contributed by atoms with Gasteiger partial charge in [-0.05, 0) is 24.3 Å². The number of hydrogen-bond donors (Lipinski definition) is 1. The lowest BCUT2D eigenvalue weighted by molar-refractivity contribution is -0.384. The van der Waals surface area contributed by atoms with Gasteiger partial charge in [0.25, 0.3) is 11.6 Å². The van der Waals surface area contributed by atoms with Crippen molar-refractivity contribution in [1.82, 2.24) is 4.98 Å². The maximum absolute atomic E-state index is 12.6. The van der Waals surface area contributed by atoms with Crippen LogP contribution in [0.25, 0.3) is 0 Å². The van der Waals surface area contributed by atoms with Gasteiger partial charge >= 0.3 is 5.97 Å². The van der Waals surface area contributed by atoms with Crippen molar-refractivity contribution in [2.75, 3.05) is 25.1 Å². The predicted octanol–water partition coefficient (Wildman–Crippen LogP) is 4.10. The second-order valence-electron chi connectivity index (χ2n) is 7.02. The molecule has 0 bridgehead atoms. The van der Waals surface area contributed by atoms with E-state index in [0.717, 1.165) is 4.90 Å². The maximum atomic E-state index is 12.6. The Labute approximate surface area is 198 Å². The molecule has 1 amide bonds. The van der Waals surface area contributed by atoms with E-state index in [-0.39, 0.29) is 28.4 Å². The van der Waals surface area contributed by atoms with Crippen LogP contribution in [0, 0.1) is 10.1 Å². The monoisotopic (exact) mass is 481 g/mol. The Hall–Kier alpha value is -4.12. The van der Waals surface area contributed by atoms with Gasteiger partial charge in [0.15, 0.2) is 18.1 Å². The number of ether oxygens (including phenoxy) is 3. The Morgan fingerprint density at radius 1 is 1.09 bits per heavy atom.